The minimum Gasteiger partial charge on any atom is -0.462 e. The maximum absolute atomic E-state index is 12.9. The fraction of sp³-hybridized carbons (Fsp3) is 0.738. The van der Waals surface area contributed by atoms with E-state index < -0.39 is 6.10 Å². The zero-order valence-corrected chi connectivity index (χ0v) is 46.7. The predicted octanol–water partition coefficient (Wildman–Crippen LogP) is 20.3. The van der Waals surface area contributed by atoms with Crippen LogP contribution < -0.4 is 0 Å². The highest BCUT2D eigenvalue weighted by Crippen LogP contribution is 2.16. The summed E-state index contributed by atoms with van der Waals surface area (Å²) in [5, 5.41) is 0. The standard InChI is InChI=1S/C65H112O6/c1-4-7-10-13-16-19-22-25-27-29-31-32-34-35-37-40-43-46-49-52-55-58-64(67)70-61-62(60-69-63(66)57-54-51-48-45-42-39-24-21-18-15-12-9-6-3)71-65(68)59-56-53-50-47-44-41-38-36-33-30-28-26-23-20-17-14-11-8-5-2/h7,10,16-17,19-20,25-28,31-33,36,62H,4-6,8-9,11-15,18,21-24,29-30,34-35,37-61H2,1-3H3/b10-7-,19-16-,20-17-,27-25-,28-26-,32-31-,36-33-. The zero-order valence-electron chi connectivity index (χ0n) is 46.7. The van der Waals surface area contributed by atoms with Crippen molar-refractivity contribution in [2.75, 3.05) is 13.2 Å². The van der Waals surface area contributed by atoms with Crippen molar-refractivity contribution < 1.29 is 28.6 Å². The van der Waals surface area contributed by atoms with E-state index in [-0.39, 0.29) is 31.1 Å². The van der Waals surface area contributed by atoms with E-state index in [0.29, 0.717) is 19.3 Å². The highest BCUT2D eigenvalue weighted by Gasteiger charge is 2.19. The maximum Gasteiger partial charge on any atom is 0.306 e. The van der Waals surface area contributed by atoms with Crippen LogP contribution in [0, 0.1) is 0 Å². The van der Waals surface area contributed by atoms with E-state index in [1.165, 1.54) is 135 Å². The largest absolute Gasteiger partial charge is 0.462 e. The third-order valence-electron chi connectivity index (χ3n) is 12.9. The van der Waals surface area contributed by atoms with E-state index in [1.807, 2.05) is 0 Å². The van der Waals surface area contributed by atoms with Crippen LogP contribution >= 0.6 is 0 Å². The molecule has 0 fully saturated rings. The predicted molar refractivity (Wildman–Crippen MR) is 307 cm³/mol. The Morgan fingerprint density at radius 1 is 0.296 bits per heavy atom. The zero-order chi connectivity index (χ0) is 51.4. The lowest BCUT2D eigenvalue weighted by Crippen LogP contribution is -2.30. The Kier molecular flexibility index (Phi) is 56.3. The third-order valence-corrected chi connectivity index (χ3v) is 12.9. The van der Waals surface area contributed by atoms with Crippen molar-refractivity contribution >= 4 is 17.9 Å². The smallest absolute Gasteiger partial charge is 0.306 e. The molecule has 0 radical (unpaired) electrons. The second-order valence-electron chi connectivity index (χ2n) is 19.9. The van der Waals surface area contributed by atoms with Gasteiger partial charge >= 0.3 is 17.9 Å². The summed E-state index contributed by atoms with van der Waals surface area (Å²) in [5.74, 6) is -0.894. The van der Waals surface area contributed by atoms with Crippen LogP contribution in [0.1, 0.15) is 290 Å². The lowest BCUT2D eigenvalue weighted by Gasteiger charge is -2.18. The van der Waals surface area contributed by atoms with Crippen LogP contribution in [0.2, 0.25) is 0 Å². The average Bonchev–Trinajstić information content (AvgIpc) is 3.37. The molecular weight excluding hydrogens is 877 g/mol. The minimum atomic E-state index is -0.786. The molecule has 0 aliphatic carbocycles. The van der Waals surface area contributed by atoms with Gasteiger partial charge in [-0.2, -0.15) is 0 Å². The van der Waals surface area contributed by atoms with Gasteiger partial charge in [0, 0.05) is 19.3 Å². The molecule has 0 N–H and O–H groups in total. The van der Waals surface area contributed by atoms with E-state index in [4.69, 9.17) is 14.2 Å². The molecule has 1 atom stereocenters. The second-order valence-corrected chi connectivity index (χ2v) is 19.9. The van der Waals surface area contributed by atoms with Crippen LogP contribution in [0.15, 0.2) is 85.1 Å². The first-order chi connectivity index (χ1) is 35.0. The van der Waals surface area contributed by atoms with Gasteiger partial charge in [-0.1, -0.05) is 260 Å². The minimum absolute atomic E-state index is 0.0823. The maximum atomic E-state index is 12.9. The average molecular weight is 990 g/mol. The van der Waals surface area contributed by atoms with Crippen molar-refractivity contribution in [3.05, 3.63) is 85.1 Å². The molecule has 1 unspecified atom stereocenters. The van der Waals surface area contributed by atoms with Crippen molar-refractivity contribution in [3.63, 3.8) is 0 Å². The van der Waals surface area contributed by atoms with Crippen molar-refractivity contribution in [1.29, 1.82) is 0 Å². The Labute approximate surface area is 439 Å². The van der Waals surface area contributed by atoms with Crippen LogP contribution in [0.25, 0.3) is 0 Å². The molecule has 6 heteroatoms. The van der Waals surface area contributed by atoms with Gasteiger partial charge in [-0.25, -0.2) is 0 Å². The van der Waals surface area contributed by atoms with Gasteiger partial charge in [-0.3, -0.25) is 14.4 Å². The van der Waals surface area contributed by atoms with Crippen molar-refractivity contribution in [2.24, 2.45) is 0 Å². The molecule has 0 rings (SSSR count). The number of hydrogen-bond donors (Lipinski definition) is 0. The summed E-state index contributed by atoms with van der Waals surface area (Å²) in [6.07, 6.45) is 77.1. The molecule has 0 aromatic heterocycles. The number of unbranched alkanes of at least 4 members (excludes halogenated alkanes) is 29. The van der Waals surface area contributed by atoms with Crippen molar-refractivity contribution in [3.8, 4) is 0 Å². The molecule has 0 spiro atoms. The number of allylic oxidation sites excluding steroid dienone is 14. The van der Waals surface area contributed by atoms with Gasteiger partial charge in [0.1, 0.15) is 13.2 Å². The lowest BCUT2D eigenvalue weighted by atomic mass is 10.0. The van der Waals surface area contributed by atoms with Gasteiger partial charge in [-0.15, -0.1) is 0 Å². The lowest BCUT2D eigenvalue weighted by molar-refractivity contribution is -0.167. The molecule has 0 aromatic rings. The highest BCUT2D eigenvalue weighted by molar-refractivity contribution is 5.71. The number of carbonyl (C=O) groups excluding carboxylic acids is 3. The van der Waals surface area contributed by atoms with Gasteiger partial charge in [-0.05, 0) is 96.3 Å². The molecule has 0 bridgehead atoms. The Morgan fingerprint density at radius 2 is 0.549 bits per heavy atom. The van der Waals surface area contributed by atoms with Crippen molar-refractivity contribution in [1.82, 2.24) is 0 Å². The number of carbonyl (C=O) groups is 3. The monoisotopic (exact) mass is 989 g/mol. The van der Waals surface area contributed by atoms with E-state index in [9.17, 15) is 14.4 Å². The second kappa shape index (κ2) is 59.2. The van der Waals surface area contributed by atoms with Crippen LogP contribution in [-0.2, 0) is 28.6 Å². The van der Waals surface area contributed by atoms with E-state index in [0.717, 1.165) is 116 Å². The Hall–Kier alpha value is -3.41. The third kappa shape index (κ3) is 57.4. The Morgan fingerprint density at radius 3 is 0.887 bits per heavy atom. The fourth-order valence-electron chi connectivity index (χ4n) is 8.38. The summed E-state index contributed by atoms with van der Waals surface area (Å²) in [6, 6.07) is 0. The molecule has 0 saturated heterocycles. The molecule has 0 aromatic carbocycles. The number of rotatable bonds is 54. The molecule has 0 amide bonds. The summed E-state index contributed by atoms with van der Waals surface area (Å²) in [6.45, 7) is 6.50. The topological polar surface area (TPSA) is 78.9 Å². The molecule has 0 heterocycles. The molecule has 0 saturated carbocycles. The van der Waals surface area contributed by atoms with Gasteiger partial charge in [0.15, 0.2) is 6.10 Å². The summed E-state index contributed by atoms with van der Waals surface area (Å²) < 4.78 is 16.9. The van der Waals surface area contributed by atoms with Crippen molar-refractivity contribution in [2.45, 2.75) is 297 Å². The fourth-order valence-corrected chi connectivity index (χ4v) is 8.38. The van der Waals surface area contributed by atoms with E-state index in [2.05, 4.69) is 106 Å². The molecule has 0 aliphatic rings. The number of esters is 3. The molecule has 6 nitrogen and oxygen atoms in total. The van der Waals surface area contributed by atoms with Crippen LogP contribution in [0.4, 0.5) is 0 Å². The quantitative estimate of drug-likeness (QED) is 0.0261. The molecular formula is C65H112O6. The molecule has 408 valence electrons. The van der Waals surface area contributed by atoms with Crippen LogP contribution in [0.5, 0.6) is 0 Å². The summed E-state index contributed by atoms with van der Waals surface area (Å²) in [4.78, 5) is 38.2. The first-order valence-corrected chi connectivity index (χ1v) is 30.1. The number of hydrogen-bond acceptors (Lipinski definition) is 6. The number of ether oxygens (including phenoxy) is 3. The highest BCUT2D eigenvalue weighted by atomic mass is 16.6. The first kappa shape index (κ1) is 67.6. The van der Waals surface area contributed by atoms with Gasteiger partial charge < -0.3 is 14.2 Å². The Balaban J connectivity index is 4.39. The van der Waals surface area contributed by atoms with Crippen LogP contribution in [-0.4, -0.2) is 37.2 Å². The Bertz CT molecular complexity index is 1370. The van der Waals surface area contributed by atoms with Crippen LogP contribution in [0.3, 0.4) is 0 Å². The SMILES string of the molecule is CC/C=C\C/C=C\C/C=C\C/C=C\CCCCCCCCCCC(=O)OCC(COC(=O)CCCCCCCCCCCCCCC)OC(=O)CCCCCCCC/C=C\C/C=C\C/C=C\CCCCC. The van der Waals surface area contributed by atoms with E-state index in [1.54, 1.807) is 0 Å². The molecule has 71 heavy (non-hydrogen) atoms. The van der Waals surface area contributed by atoms with E-state index >= 15 is 0 Å². The van der Waals surface area contributed by atoms with Gasteiger partial charge in [0.25, 0.3) is 0 Å². The molecule has 0 aliphatic heterocycles. The van der Waals surface area contributed by atoms with Gasteiger partial charge in [0.05, 0.1) is 0 Å². The first-order valence-electron chi connectivity index (χ1n) is 30.1. The van der Waals surface area contributed by atoms with Gasteiger partial charge in [0.2, 0.25) is 0 Å². The summed E-state index contributed by atoms with van der Waals surface area (Å²) >= 11 is 0. The summed E-state index contributed by atoms with van der Waals surface area (Å²) in [5.41, 5.74) is 0. The normalized spacial score (nSPS) is 12.7. The summed E-state index contributed by atoms with van der Waals surface area (Å²) in [7, 11) is 0.